The molecule has 1 aliphatic rings. The summed E-state index contributed by atoms with van der Waals surface area (Å²) in [5.41, 5.74) is 0.398. The SMILES string of the molecule is CCCNC1C(CN(CCC)CCO)CCCC1(C)C. The average Bonchev–Trinajstić information content (AvgIpc) is 2.38. The Morgan fingerprint density at radius 1 is 1.20 bits per heavy atom. The van der Waals surface area contributed by atoms with Gasteiger partial charge in [-0.25, -0.2) is 0 Å². The van der Waals surface area contributed by atoms with Gasteiger partial charge >= 0.3 is 0 Å². The number of hydrogen-bond acceptors (Lipinski definition) is 3. The Kier molecular flexibility index (Phi) is 8.08. The minimum atomic E-state index is 0.281. The smallest absolute Gasteiger partial charge is 0.0558 e. The molecule has 120 valence electrons. The van der Waals surface area contributed by atoms with Crippen LogP contribution in [0.5, 0.6) is 0 Å². The van der Waals surface area contributed by atoms with Crippen molar-refractivity contribution in [2.45, 2.75) is 65.8 Å². The third kappa shape index (κ3) is 5.34. The van der Waals surface area contributed by atoms with Crippen molar-refractivity contribution in [1.82, 2.24) is 10.2 Å². The molecule has 2 N–H and O–H groups in total. The van der Waals surface area contributed by atoms with Gasteiger partial charge in [-0.2, -0.15) is 0 Å². The van der Waals surface area contributed by atoms with Gasteiger partial charge in [-0.15, -0.1) is 0 Å². The van der Waals surface area contributed by atoms with E-state index in [0.29, 0.717) is 11.5 Å². The van der Waals surface area contributed by atoms with Gasteiger partial charge in [0.15, 0.2) is 0 Å². The average molecular weight is 284 g/mol. The van der Waals surface area contributed by atoms with E-state index in [1.807, 2.05) is 0 Å². The molecule has 0 aromatic carbocycles. The van der Waals surface area contributed by atoms with Crippen LogP contribution in [0.4, 0.5) is 0 Å². The first-order valence-electron chi connectivity index (χ1n) is 8.61. The van der Waals surface area contributed by atoms with E-state index in [4.69, 9.17) is 0 Å². The molecule has 3 heteroatoms. The van der Waals surface area contributed by atoms with Gasteiger partial charge in [-0.1, -0.05) is 34.1 Å². The van der Waals surface area contributed by atoms with Crippen LogP contribution in [0.2, 0.25) is 0 Å². The summed E-state index contributed by atoms with van der Waals surface area (Å²) >= 11 is 0. The number of aliphatic hydroxyl groups excluding tert-OH is 1. The molecule has 3 nitrogen and oxygen atoms in total. The highest BCUT2D eigenvalue weighted by atomic mass is 16.3. The summed E-state index contributed by atoms with van der Waals surface area (Å²) in [5.74, 6) is 0.725. The molecule has 0 radical (unpaired) electrons. The largest absolute Gasteiger partial charge is 0.395 e. The summed E-state index contributed by atoms with van der Waals surface area (Å²) in [6, 6.07) is 0.620. The topological polar surface area (TPSA) is 35.5 Å². The maximum atomic E-state index is 9.25. The molecule has 0 heterocycles. The molecule has 20 heavy (non-hydrogen) atoms. The van der Waals surface area contributed by atoms with Crippen molar-refractivity contribution in [1.29, 1.82) is 0 Å². The molecule has 1 aliphatic carbocycles. The fourth-order valence-corrected chi connectivity index (χ4v) is 3.80. The summed E-state index contributed by atoms with van der Waals surface area (Å²) in [6.45, 7) is 13.8. The van der Waals surface area contributed by atoms with Crippen molar-refractivity contribution in [3.63, 3.8) is 0 Å². The molecular weight excluding hydrogens is 248 g/mol. The monoisotopic (exact) mass is 284 g/mol. The Balaban J connectivity index is 2.66. The molecule has 0 aliphatic heterocycles. The lowest BCUT2D eigenvalue weighted by Gasteiger charge is -2.46. The highest BCUT2D eigenvalue weighted by Crippen LogP contribution is 2.39. The lowest BCUT2D eigenvalue weighted by molar-refractivity contribution is 0.0728. The van der Waals surface area contributed by atoms with Gasteiger partial charge in [0, 0.05) is 19.1 Å². The summed E-state index contributed by atoms with van der Waals surface area (Å²) in [5, 5.41) is 13.1. The fraction of sp³-hybridized carbons (Fsp3) is 1.00. The second-order valence-corrected chi connectivity index (χ2v) is 7.10. The quantitative estimate of drug-likeness (QED) is 0.683. The Morgan fingerprint density at radius 3 is 2.55 bits per heavy atom. The molecule has 0 aromatic heterocycles. The second kappa shape index (κ2) is 9.01. The summed E-state index contributed by atoms with van der Waals surface area (Å²) in [4.78, 5) is 2.45. The Hall–Kier alpha value is -0.120. The van der Waals surface area contributed by atoms with E-state index in [9.17, 15) is 5.11 Å². The predicted molar refractivity (Wildman–Crippen MR) is 87.0 cm³/mol. The highest BCUT2D eigenvalue weighted by molar-refractivity contribution is 4.94. The molecule has 0 saturated heterocycles. The van der Waals surface area contributed by atoms with E-state index in [2.05, 4.69) is 37.9 Å². The lowest BCUT2D eigenvalue weighted by atomic mass is 9.67. The normalized spacial score (nSPS) is 26.1. The number of hydrogen-bond donors (Lipinski definition) is 2. The number of rotatable bonds is 9. The first-order valence-corrected chi connectivity index (χ1v) is 8.61. The Bertz CT molecular complexity index is 249. The summed E-state index contributed by atoms with van der Waals surface area (Å²) < 4.78 is 0. The van der Waals surface area contributed by atoms with Crippen LogP contribution in [0.15, 0.2) is 0 Å². The van der Waals surface area contributed by atoms with E-state index in [1.54, 1.807) is 0 Å². The van der Waals surface area contributed by atoms with Gasteiger partial charge in [0.1, 0.15) is 0 Å². The van der Waals surface area contributed by atoms with Crippen molar-refractivity contribution in [3.05, 3.63) is 0 Å². The molecule has 0 aromatic rings. The summed E-state index contributed by atoms with van der Waals surface area (Å²) in [7, 11) is 0. The van der Waals surface area contributed by atoms with Crippen LogP contribution in [0, 0.1) is 11.3 Å². The van der Waals surface area contributed by atoms with Gasteiger partial charge in [0.25, 0.3) is 0 Å². The first kappa shape index (κ1) is 17.9. The van der Waals surface area contributed by atoms with Crippen molar-refractivity contribution in [2.75, 3.05) is 32.8 Å². The standard InChI is InChI=1S/C17H36N2O/c1-5-10-18-16-15(8-7-9-17(16,3)4)14-19(11-6-2)12-13-20/h15-16,18,20H,5-14H2,1-4H3. The molecule has 0 spiro atoms. The molecule has 1 fully saturated rings. The molecular formula is C17H36N2O. The van der Waals surface area contributed by atoms with E-state index in [-0.39, 0.29) is 6.61 Å². The molecule has 1 rings (SSSR count). The molecule has 2 atom stereocenters. The van der Waals surface area contributed by atoms with E-state index < -0.39 is 0 Å². The predicted octanol–water partition coefficient (Wildman–Crippen LogP) is 2.89. The van der Waals surface area contributed by atoms with Crippen molar-refractivity contribution >= 4 is 0 Å². The van der Waals surface area contributed by atoms with E-state index in [0.717, 1.165) is 32.1 Å². The van der Waals surface area contributed by atoms with Gasteiger partial charge in [0.2, 0.25) is 0 Å². The van der Waals surface area contributed by atoms with Crippen LogP contribution >= 0.6 is 0 Å². The van der Waals surface area contributed by atoms with Gasteiger partial charge < -0.3 is 15.3 Å². The van der Waals surface area contributed by atoms with Gasteiger partial charge in [0.05, 0.1) is 6.61 Å². The Labute approximate surface area is 126 Å². The first-order chi connectivity index (χ1) is 9.55. The number of nitrogens with zero attached hydrogens (tertiary/aromatic N) is 1. The third-order valence-electron chi connectivity index (χ3n) is 4.77. The zero-order valence-corrected chi connectivity index (χ0v) is 14.1. The zero-order valence-electron chi connectivity index (χ0n) is 14.1. The zero-order chi connectivity index (χ0) is 15.0. The van der Waals surface area contributed by atoms with Gasteiger partial charge in [-0.3, -0.25) is 0 Å². The second-order valence-electron chi connectivity index (χ2n) is 7.10. The maximum absolute atomic E-state index is 9.25. The van der Waals surface area contributed by atoms with Crippen LogP contribution in [0.1, 0.15) is 59.8 Å². The summed E-state index contributed by atoms with van der Waals surface area (Å²) in [6.07, 6.45) is 6.38. The molecule has 1 saturated carbocycles. The van der Waals surface area contributed by atoms with Crippen LogP contribution < -0.4 is 5.32 Å². The van der Waals surface area contributed by atoms with Crippen molar-refractivity contribution in [3.8, 4) is 0 Å². The van der Waals surface area contributed by atoms with Gasteiger partial charge in [-0.05, 0) is 50.1 Å². The maximum Gasteiger partial charge on any atom is 0.0558 e. The minimum Gasteiger partial charge on any atom is -0.395 e. The van der Waals surface area contributed by atoms with Crippen molar-refractivity contribution < 1.29 is 5.11 Å². The minimum absolute atomic E-state index is 0.281. The lowest BCUT2D eigenvalue weighted by Crippen LogP contribution is -2.53. The van der Waals surface area contributed by atoms with Crippen molar-refractivity contribution in [2.24, 2.45) is 11.3 Å². The van der Waals surface area contributed by atoms with Crippen LogP contribution in [-0.4, -0.2) is 48.8 Å². The van der Waals surface area contributed by atoms with E-state index >= 15 is 0 Å². The Morgan fingerprint density at radius 2 is 1.95 bits per heavy atom. The number of nitrogens with one attached hydrogen (secondary N) is 1. The molecule has 0 bridgehead atoms. The fourth-order valence-electron chi connectivity index (χ4n) is 3.80. The van der Waals surface area contributed by atoms with E-state index in [1.165, 1.54) is 32.1 Å². The highest BCUT2D eigenvalue weighted by Gasteiger charge is 2.38. The number of aliphatic hydroxyl groups is 1. The van der Waals surface area contributed by atoms with Crippen LogP contribution in [0.25, 0.3) is 0 Å². The van der Waals surface area contributed by atoms with Crippen LogP contribution in [-0.2, 0) is 0 Å². The van der Waals surface area contributed by atoms with Crippen LogP contribution in [0.3, 0.4) is 0 Å². The third-order valence-corrected chi connectivity index (χ3v) is 4.77. The molecule has 0 amide bonds. The molecule has 2 unspecified atom stereocenters.